The highest BCUT2D eigenvalue weighted by Gasteiger charge is 2.27. The lowest BCUT2D eigenvalue weighted by molar-refractivity contribution is -0.121. The smallest absolute Gasteiger partial charge is 0.341 e. The topological polar surface area (TPSA) is 61.2 Å². The van der Waals surface area contributed by atoms with E-state index in [9.17, 15) is 9.59 Å². The number of hydrogen-bond donors (Lipinski definition) is 0. The third-order valence-corrected chi connectivity index (χ3v) is 5.09. The van der Waals surface area contributed by atoms with Crippen LogP contribution in [0, 0.1) is 12.8 Å². The van der Waals surface area contributed by atoms with Crippen LogP contribution in [0.2, 0.25) is 0 Å². The molecule has 2 aromatic rings. The van der Waals surface area contributed by atoms with Crippen LogP contribution in [0.4, 0.5) is 0 Å². The number of ether oxygens (including phenoxy) is 1. The molecule has 0 spiro atoms. The zero-order valence-corrected chi connectivity index (χ0v) is 14.8. The molecule has 1 saturated carbocycles. The Morgan fingerprint density at radius 2 is 1.84 bits per heavy atom. The fraction of sp³-hybridized carbons (Fsp3) is 0.450. The predicted octanol–water partition coefficient (Wildman–Crippen LogP) is 3.87. The third kappa shape index (κ3) is 3.98. The first-order valence-corrected chi connectivity index (χ1v) is 8.82. The molecule has 3 rings (SSSR count). The summed E-state index contributed by atoms with van der Waals surface area (Å²) in [5.41, 5.74) is 2.32. The summed E-state index contributed by atoms with van der Waals surface area (Å²) in [7, 11) is 0. The Hall–Kier alpha value is -2.43. The van der Waals surface area contributed by atoms with E-state index >= 15 is 0 Å². The van der Waals surface area contributed by atoms with Gasteiger partial charge in [-0.3, -0.25) is 9.48 Å². The molecule has 0 N–H and O–H groups in total. The molecule has 25 heavy (non-hydrogen) atoms. The van der Waals surface area contributed by atoms with Gasteiger partial charge in [0.1, 0.15) is 18.0 Å². The van der Waals surface area contributed by atoms with Crippen molar-refractivity contribution in [3.63, 3.8) is 0 Å². The molecule has 5 heteroatoms. The highest BCUT2D eigenvalue weighted by Crippen LogP contribution is 2.33. The Labute approximate surface area is 148 Å². The van der Waals surface area contributed by atoms with Crippen LogP contribution < -0.4 is 0 Å². The lowest BCUT2D eigenvalue weighted by atomic mass is 9.84. The average Bonchev–Trinajstić information content (AvgIpc) is 3.02. The number of esters is 1. The van der Waals surface area contributed by atoms with Gasteiger partial charge in [0.15, 0.2) is 0 Å². The van der Waals surface area contributed by atoms with Crippen molar-refractivity contribution in [3.05, 3.63) is 53.3 Å². The Bertz CT molecular complexity index is 744. The summed E-state index contributed by atoms with van der Waals surface area (Å²) in [6.45, 7) is 3.84. The quantitative estimate of drug-likeness (QED) is 0.775. The van der Waals surface area contributed by atoms with Crippen molar-refractivity contribution in [1.82, 2.24) is 9.78 Å². The van der Waals surface area contributed by atoms with E-state index in [4.69, 9.17) is 4.74 Å². The Kier molecular flexibility index (Phi) is 5.31. The van der Waals surface area contributed by atoms with E-state index in [1.165, 1.54) is 0 Å². The molecule has 132 valence electrons. The summed E-state index contributed by atoms with van der Waals surface area (Å²) in [6.07, 6.45) is 5.23. The molecular weight excluding hydrogens is 316 g/mol. The lowest BCUT2D eigenvalue weighted by Crippen LogP contribution is -2.23. The zero-order chi connectivity index (χ0) is 17.8. The fourth-order valence-corrected chi connectivity index (χ4v) is 3.52. The second-order valence-electron chi connectivity index (χ2n) is 6.77. The minimum atomic E-state index is -0.343. The van der Waals surface area contributed by atoms with Crippen LogP contribution in [0.25, 0.3) is 0 Å². The largest absolute Gasteiger partial charge is 0.457 e. The van der Waals surface area contributed by atoms with Gasteiger partial charge < -0.3 is 4.74 Å². The number of carbonyl (C=O) groups is 2. The summed E-state index contributed by atoms with van der Waals surface area (Å²) >= 11 is 0. The van der Waals surface area contributed by atoms with E-state index in [1.54, 1.807) is 13.1 Å². The van der Waals surface area contributed by atoms with Crippen LogP contribution >= 0.6 is 0 Å². The molecule has 1 aromatic carbocycles. The van der Waals surface area contributed by atoms with Crippen molar-refractivity contribution < 1.29 is 14.3 Å². The molecule has 0 radical (unpaired) electrons. The first kappa shape index (κ1) is 17.4. The summed E-state index contributed by atoms with van der Waals surface area (Å²) in [6, 6.07) is 9.88. The average molecular weight is 340 g/mol. The highest BCUT2D eigenvalue weighted by atomic mass is 16.5. The van der Waals surface area contributed by atoms with Gasteiger partial charge in [0.2, 0.25) is 0 Å². The molecule has 1 heterocycles. The van der Waals surface area contributed by atoms with Crippen molar-refractivity contribution in [2.24, 2.45) is 5.92 Å². The van der Waals surface area contributed by atoms with Gasteiger partial charge in [-0.1, -0.05) is 30.3 Å². The lowest BCUT2D eigenvalue weighted by Gasteiger charge is -2.28. The number of nitrogens with zero attached hydrogens (tertiary/aromatic N) is 2. The summed E-state index contributed by atoms with van der Waals surface area (Å²) in [5.74, 6) is 0.119. The first-order valence-electron chi connectivity index (χ1n) is 8.82. The van der Waals surface area contributed by atoms with Crippen molar-refractivity contribution in [3.8, 4) is 0 Å². The van der Waals surface area contributed by atoms with E-state index in [0.29, 0.717) is 5.56 Å². The van der Waals surface area contributed by atoms with E-state index in [1.807, 2.05) is 41.9 Å². The molecule has 5 nitrogen and oxygen atoms in total. The van der Waals surface area contributed by atoms with Gasteiger partial charge in [0.25, 0.3) is 0 Å². The number of benzene rings is 1. The van der Waals surface area contributed by atoms with Crippen molar-refractivity contribution in [2.45, 2.75) is 52.2 Å². The summed E-state index contributed by atoms with van der Waals surface area (Å²) < 4.78 is 7.33. The molecule has 0 unspecified atom stereocenters. The van der Waals surface area contributed by atoms with Gasteiger partial charge in [-0.15, -0.1) is 0 Å². The number of rotatable bonds is 5. The Balaban J connectivity index is 1.63. The molecule has 0 atom stereocenters. The molecule has 0 aliphatic heterocycles. The molecule has 1 aromatic heterocycles. The second-order valence-corrected chi connectivity index (χ2v) is 6.77. The number of aromatic nitrogens is 2. The van der Waals surface area contributed by atoms with E-state index in [2.05, 4.69) is 5.10 Å². The maximum atomic E-state index is 12.4. The van der Waals surface area contributed by atoms with E-state index in [0.717, 1.165) is 36.9 Å². The number of carbonyl (C=O) groups excluding carboxylic acids is 2. The number of Topliss-reactive ketones (excluding diaryl/α,β-unsaturated/α-hetero) is 1. The summed E-state index contributed by atoms with van der Waals surface area (Å²) in [5, 5.41) is 4.42. The minimum absolute atomic E-state index is 0.183. The van der Waals surface area contributed by atoms with Crippen LogP contribution in [-0.2, 0) is 16.1 Å². The molecule has 0 amide bonds. The fourth-order valence-electron chi connectivity index (χ4n) is 3.52. The maximum Gasteiger partial charge on any atom is 0.341 e. The van der Waals surface area contributed by atoms with Crippen LogP contribution in [-0.4, -0.2) is 21.5 Å². The minimum Gasteiger partial charge on any atom is -0.457 e. The van der Waals surface area contributed by atoms with Gasteiger partial charge in [0.05, 0.1) is 17.9 Å². The van der Waals surface area contributed by atoms with Gasteiger partial charge >= 0.3 is 5.97 Å². The van der Waals surface area contributed by atoms with Crippen LogP contribution in [0.15, 0.2) is 36.5 Å². The molecule has 1 aliphatic carbocycles. The Morgan fingerprint density at radius 1 is 1.16 bits per heavy atom. The van der Waals surface area contributed by atoms with E-state index < -0.39 is 0 Å². The van der Waals surface area contributed by atoms with Gasteiger partial charge in [-0.25, -0.2) is 4.79 Å². The van der Waals surface area contributed by atoms with Crippen LogP contribution in [0.5, 0.6) is 0 Å². The van der Waals surface area contributed by atoms with Crippen LogP contribution in [0.1, 0.15) is 60.3 Å². The Morgan fingerprint density at radius 3 is 2.48 bits per heavy atom. The van der Waals surface area contributed by atoms with Gasteiger partial charge in [-0.05, 0) is 45.1 Å². The maximum absolute atomic E-state index is 12.4. The van der Waals surface area contributed by atoms with Crippen LogP contribution in [0.3, 0.4) is 0 Å². The predicted molar refractivity (Wildman–Crippen MR) is 94.2 cm³/mol. The normalized spacial score (nSPS) is 20.2. The molecule has 1 fully saturated rings. The number of hydrogen-bond acceptors (Lipinski definition) is 4. The molecular formula is C20H24N2O3. The van der Waals surface area contributed by atoms with Gasteiger partial charge in [0, 0.05) is 5.92 Å². The molecule has 0 saturated heterocycles. The third-order valence-electron chi connectivity index (χ3n) is 5.09. The van der Waals surface area contributed by atoms with Crippen molar-refractivity contribution in [1.29, 1.82) is 0 Å². The first-order chi connectivity index (χ1) is 12.1. The highest BCUT2D eigenvalue weighted by molar-refractivity contribution is 5.90. The molecule has 1 aliphatic rings. The second kappa shape index (κ2) is 7.64. The zero-order valence-electron chi connectivity index (χ0n) is 14.8. The van der Waals surface area contributed by atoms with E-state index in [-0.39, 0.29) is 30.3 Å². The van der Waals surface area contributed by atoms with Crippen molar-refractivity contribution >= 4 is 11.8 Å². The standard InChI is InChI=1S/C20H24N2O3/c1-14-19(20(24)25-13-16-6-4-3-5-7-16)12-21-22(14)18-10-8-17(9-11-18)15(2)23/h3-7,12,17-18H,8-11,13H2,1-2H3/t17-,18-. The van der Waals surface area contributed by atoms with Crippen molar-refractivity contribution in [2.75, 3.05) is 0 Å². The number of ketones is 1. The SMILES string of the molecule is Cc1c(C(=O)OCc2ccccc2)cnn1[C@H]1CC[C@H](C(C)=O)CC1. The molecule has 0 bridgehead atoms. The summed E-state index contributed by atoms with van der Waals surface area (Å²) in [4.78, 5) is 23.9. The monoisotopic (exact) mass is 340 g/mol. The van der Waals surface area contributed by atoms with Gasteiger partial charge in [-0.2, -0.15) is 5.10 Å².